The highest BCUT2D eigenvalue weighted by Gasteiger charge is 2.21. The van der Waals surface area contributed by atoms with Gasteiger partial charge in [0.1, 0.15) is 0 Å². The number of aromatic nitrogens is 3. The molecule has 1 aliphatic carbocycles. The van der Waals surface area contributed by atoms with Crippen molar-refractivity contribution in [3.05, 3.63) is 59.7 Å². The molecule has 152 valence electrons. The van der Waals surface area contributed by atoms with Gasteiger partial charge in [0, 0.05) is 60.9 Å². The lowest BCUT2D eigenvalue weighted by Crippen LogP contribution is -2.34. The molecule has 5 nitrogen and oxygen atoms in total. The molecule has 0 spiro atoms. The van der Waals surface area contributed by atoms with E-state index >= 15 is 0 Å². The molecule has 0 saturated heterocycles. The summed E-state index contributed by atoms with van der Waals surface area (Å²) < 4.78 is 0. The van der Waals surface area contributed by atoms with Crippen LogP contribution < -0.4 is 10.2 Å². The van der Waals surface area contributed by atoms with Gasteiger partial charge in [0.2, 0.25) is 5.95 Å². The smallest absolute Gasteiger partial charge is 0.225 e. The zero-order valence-corrected chi connectivity index (χ0v) is 17.7. The van der Waals surface area contributed by atoms with Crippen LogP contribution in [0.4, 0.5) is 5.95 Å². The Morgan fingerprint density at radius 2 is 1.97 bits per heavy atom. The molecule has 0 radical (unpaired) electrons. The van der Waals surface area contributed by atoms with Crippen LogP contribution in [-0.2, 0) is 6.54 Å². The van der Waals surface area contributed by atoms with Gasteiger partial charge in [0.05, 0.1) is 0 Å². The van der Waals surface area contributed by atoms with Crippen LogP contribution in [-0.4, -0.2) is 28.0 Å². The molecule has 1 atom stereocenters. The molecule has 0 amide bonds. The Morgan fingerprint density at radius 3 is 2.76 bits per heavy atom. The Hall–Kier alpha value is -2.53. The fraction of sp³-hybridized carbons (Fsp3) is 0.458. The summed E-state index contributed by atoms with van der Waals surface area (Å²) in [6.07, 6.45) is 12.3. The third-order valence-electron chi connectivity index (χ3n) is 6.28. The van der Waals surface area contributed by atoms with Crippen LogP contribution in [0.2, 0.25) is 0 Å². The van der Waals surface area contributed by atoms with E-state index in [0.29, 0.717) is 6.04 Å². The summed E-state index contributed by atoms with van der Waals surface area (Å²) in [5.74, 6) is 0.854. The van der Waals surface area contributed by atoms with Gasteiger partial charge in [-0.2, -0.15) is 0 Å². The van der Waals surface area contributed by atoms with E-state index in [1.165, 1.54) is 48.4 Å². The van der Waals surface area contributed by atoms with E-state index in [4.69, 9.17) is 9.97 Å². The molecule has 1 fully saturated rings. The summed E-state index contributed by atoms with van der Waals surface area (Å²) in [5, 5.41) is 6.07. The monoisotopic (exact) mass is 389 g/mol. The number of nitrogens with one attached hydrogen (secondary N) is 1. The quantitative estimate of drug-likeness (QED) is 0.646. The van der Waals surface area contributed by atoms with Crippen molar-refractivity contribution < 1.29 is 0 Å². The molecule has 2 aromatic heterocycles. The highest BCUT2D eigenvalue weighted by atomic mass is 15.3. The minimum atomic E-state index is 0.182. The minimum absolute atomic E-state index is 0.182. The topological polar surface area (TPSA) is 53.9 Å². The molecule has 2 heterocycles. The van der Waals surface area contributed by atoms with Crippen LogP contribution in [0.1, 0.15) is 61.9 Å². The second-order valence-electron chi connectivity index (χ2n) is 8.23. The lowest BCUT2D eigenvalue weighted by molar-refractivity contribution is 0.423. The van der Waals surface area contributed by atoms with Gasteiger partial charge in [-0.15, -0.1) is 0 Å². The van der Waals surface area contributed by atoms with Crippen LogP contribution in [0, 0.1) is 6.92 Å². The van der Waals surface area contributed by atoms with E-state index in [-0.39, 0.29) is 6.04 Å². The van der Waals surface area contributed by atoms with Crippen molar-refractivity contribution in [2.24, 2.45) is 0 Å². The van der Waals surface area contributed by atoms with Crippen LogP contribution in [0.5, 0.6) is 0 Å². The first-order chi connectivity index (χ1) is 14.1. The highest BCUT2D eigenvalue weighted by Crippen LogP contribution is 2.25. The van der Waals surface area contributed by atoms with Gasteiger partial charge < -0.3 is 10.2 Å². The first-order valence-corrected chi connectivity index (χ1v) is 10.7. The number of hydrogen-bond donors (Lipinski definition) is 1. The van der Waals surface area contributed by atoms with Crippen molar-refractivity contribution in [1.82, 2.24) is 20.3 Å². The number of pyridine rings is 1. The van der Waals surface area contributed by atoms with Gasteiger partial charge in [-0.1, -0.05) is 37.5 Å². The third-order valence-corrected chi connectivity index (χ3v) is 6.28. The average molecular weight is 390 g/mol. The summed E-state index contributed by atoms with van der Waals surface area (Å²) in [6, 6.07) is 9.21. The van der Waals surface area contributed by atoms with E-state index in [0.717, 1.165) is 23.8 Å². The van der Waals surface area contributed by atoms with E-state index in [1.54, 1.807) is 0 Å². The van der Waals surface area contributed by atoms with Gasteiger partial charge in [0.25, 0.3) is 0 Å². The predicted molar refractivity (Wildman–Crippen MR) is 119 cm³/mol. The maximum Gasteiger partial charge on any atom is 0.225 e. The average Bonchev–Trinajstić information content (AvgIpc) is 2.77. The largest absolute Gasteiger partial charge is 0.341 e. The summed E-state index contributed by atoms with van der Waals surface area (Å²) >= 11 is 0. The number of anilines is 1. The van der Waals surface area contributed by atoms with Crippen molar-refractivity contribution in [1.29, 1.82) is 0 Å². The van der Waals surface area contributed by atoms with Crippen LogP contribution in [0.25, 0.3) is 10.8 Å². The van der Waals surface area contributed by atoms with E-state index in [9.17, 15) is 0 Å². The molecule has 4 rings (SSSR count). The molecule has 1 N–H and O–H groups in total. The van der Waals surface area contributed by atoms with Gasteiger partial charge in [-0.3, -0.25) is 4.98 Å². The Bertz CT molecular complexity index is 959. The fourth-order valence-electron chi connectivity index (χ4n) is 4.41. The zero-order valence-electron chi connectivity index (χ0n) is 17.7. The Morgan fingerprint density at radius 1 is 1.14 bits per heavy atom. The minimum Gasteiger partial charge on any atom is -0.341 e. The highest BCUT2D eigenvalue weighted by molar-refractivity contribution is 5.84. The summed E-state index contributed by atoms with van der Waals surface area (Å²) in [5.41, 5.74) is 3.50. The molecule has 0 bridgehead atoms. The van der Waals surface area contributed by atoms with Gasteiger partial charge >= 0.3 is 0 Å². The van der Waals surface area contributed by atoms with Crippen LogP contribution in [0.3, 0.4) is 0 Å². The van der Waals surface area contributed by atoms with Crippen molar-refractivity contribution in [3.8, 4) is 0 Å². The molecule has 1 aliphatic rings. The Balaban J connectivity index is 1.45. The fourth-order valence-corrected chi connectivity index (χ4v) is 4.41. The van der Waals surface area contributed by atoms with Crippen molar-refractivity contribution >= 4 is 16.7 Å². The standard InChI is InChI=1S/C24H31N5/c1-17(26-15-20-9-7-8-19-14-25-13-12-22(19)20)23-16-27-24(28-18(23)2)29(3)21-10-5-4-6-11-21/h7-9,12-14,16-17,21,26H,4-6,10-11,15H2,1-3H3/t17-/m1/s1. The summed E-state index contributed by atoms with van der Waals surface area (Å²) in [7, 11) is 2.14. The normalized spacial score (nSPS) is 16.1. The maximum atomic E-state index is 4.84. The second kappa shape index (κ2) is 8.87. The number of fused-ring (bicyclic) bond motifs is 1. The molecule has 1 aromatic carbocycles. The molecule has 1 saturated carbocycles. The lowest BCUT2D eigenvalue weighted by Gasteiger charge is -2.31. The molecular formula is C24H31N5. The van der Waals surface area contributed by atoms with Crippen molar-refractivity contribution in [3.63, 3.8) is 0 Å². The number of nitrogens with zero attached hydrogens (tertiary/aromatic N) is 4. The van der Waals surface area contributed by atoms with E-state index in [2.05, 4.69) is 60.4 Å². The molecule has 3 aromatic rings. The number of benzene rings is 1. The second-order valence-corrected chi connectivity index (χ2v) is 8.23. The third kappa shape index (κ3) is 4.40. The number of rotatable bonds is 6. The molecule has 0 aliphatic heterocycles. The molecule has 0 unspecified atom stereocenters. The van der Waals surface area contributed by atoms with Crippen LogP contribution >= 0.6 is 0 Å². The summed E-state index contributed by atoms with van der Waals surface area (Å²) in [6.45, 7) is 5.07. The predicted octanol–water partition coefficient (Wildman–Crippen LogP) is 4.95. The van der Waals surface area contributed by atoms with Crippen molar-refractivity contribution in [2.75, 3.05) is 11.9 Å². The van der Waals surface area contributed by atoms with Crippen LogP contribution in [0.15, 0.2) is 42.9 Å². The van der Waals surface area contributed by atoms with Gasteiger partial charge in [0.15, 0.2) is 0 Å². The molecular weight excluding hydrogens is 358 g/mol. The Labute approximate surface area is 173 Å². The number of hydrogen-bond acceptors (Lipinski definition) is 5. The maximum absolute atomic E-state index is 4.84. The lowest BCUT2D eigenvalue weighted by atomic mass is 9.95. The SMILES string of the molecule is Cc1nc(N(C)C2CCCCC2)ncc1[C@@H](C)NCc1cccc2cnccc12. The first-order valence-electron chi connectivity index (χ1n) is 10.7. The van der Waals surface area contributed by atoms with Gasteiger partial charge in [-0.05, 0) is 43.7 Å². The van der Waals surface area contributed by atoms with E-state index in [1.807, 2.05) is 18.6 Å². The number of aryl methyl sites for hydroxylation is 1. The van der Waals surface area contributed by atoms with E-state index < -0.39 is 0 Å². The van der Waals surface area contributed by atoms with Crippen molar-refractivity contribution in [2.45, 2.75) is 64.6 Å². The molecule has 5 heteroatoms. The first kappa shape index (κ1) is 19.8. The molecule has 29 heavy (non-hydrogen) atoms. The summed E-state index contributed by atoms with van der Waals surface area (Å²) in [4.78, 5) is 16.0. The zero-order chi connectivity index (χ0) is 20.2. The van der Waals surface area contributed by atoms with Gasteiger partial charge in [-0.25, -0.2) is 9.97 Å². The Kier molecular flexibility index (Phi) is 6.05.